The SMILES string of the molecule is CC[C@H](N)C(=O)N1CCC(n2c(=O)[nH]c3ccccc32)CC1. The van der Waals surface area contributed by atoms with E-state index in [-0.39, 0.29) is 17.6 Å². The topological polar surface area (TPSA) is 84.1 Å². The zero-order valence-electron chi connectivity index (χ0n) is 12.8. The molecule has 1 aliphatic heterocycles. The van der Waals surface area contributed by atoms with Crippen LogP contribution in [0.15, 0.2) is 29.1 Å². The van der Waals surface area contributed by atoms with E-state index in [1.165, 1.54) is 0 Å². The smallest absolute Gasteiger partial charge is 0.326 e. The van der Waals surface area contributed by atoms with E-state index in [1.807, 2.05) is 40.7 Å². The number of aromatic amines is 1. The van der Waals surface area contributed by atoms with Crippen LogP contribution in [0, 0.1) is 0 Å². The van der Waals surface area contributed by atoms with E-state index >= 15 is 0 Å². The minimum absolute atomic E-state index is 0.0206. The van der Waals surface area contributed by atoms with Crippen LogP contribution in [0.25, 0.3) is 11.0 Å². The van der Waals surface area contributed by atoms with E-state index in [2.05, 4.69) is 4.98 Å². The molecule has 2 aromatic rings. The molecule has 1 atom stereocenters. The van der Waals surface area contributed by atoms with Crippen LogP contribution in [0.5, 0.6) is 0 Å². The number of fused-ring (bicyclic) bond motifs is 1. The summed E-state index contributed by atoms with van der Waals surface area (Å²) < 4.78 is 1.83. The van der Waals surface area contributed by atoms with Crippen molar-refractivity contribution in [2.24, 2.45) is 5.73 Å². The Labute approximate surface area is 128 Å². The van der Waals surface area contributed by atoms with Gasteiger partial charge < -0.3 is 15.6 Å². The molecule has 22 heavy (non-hydrogen) atoms. The summed E-state index contributed by atoms with van der Waals surface area (Å²) >= 11 is 0. The number of nitrogens with two attached hydrogens (primary N) is 1. The third kappa shape index (κ3) is 2.54. The number of H-pyrrole nitrogens is 1. The second-order valence-electron chi connectivity index (χ2n) is 5.89. The van der Waals surface area contributed by atoms with E-state index < -0.39 is 6.04 Å². The summed E-state index contributed by atoms with van der Waals surface area (Å²) in [4.78, 5) is 29.1. The van der Waals surface area contributed by atoms with Gasteiger partial charge in [0.2, 0.25) is 5.91 Å². The Kier molecular flexibility index (Phi) is 4.02. The Balaban J connectivity index is 1.77. The van der Waals surface area contributed by atoms with Crippen molar-refractivity contribution in [2.45, 2.75) is 38.3 Å². The highest BCUT2D eigenvalue weighted by Gasteiger charge is 2.27. The Morgan fingerprint density at radius 1 is 1.36 bits per heavy atom. The number of nitrogens with zero attached hydrogens (tertiary/aromatic N) is 2. The van der Waals surface area contributed by atoms with Gasteiger partial charge in [-0.2, -0.15) is 0 Å². The number of benzene rings is 1. The molecular formula is C16H22N4O2. The van der Waals surface area contributed by atoms with Crippen LogP contribution in [0.3, 0.4) is 0 Å². The summed E-state index contributed by atoms with van der Waals surface area (Å²) in [6, 6.07) is 7.43. The highest BCUT2D eigenvalue weighted by molar-refractivity contribution is 5.81. The van der Waals surface area contributed by atoms with Crippen molar-refractivity contribution in [3.05, 3.63) is 34.7 Å². The third-order valence-electron chi connectivity index (χ3n) is 4.52. The van der Waals surface area contributed by atoms with Crippen LogP contribution in [-0.4, -0.2) is 39.5 Å². The molecule has 0 saturated carbocycles. The monoisotopic (exact) mass is 302 g/mol. The number of rotatable bonds is 3. The Bertz CT molecular complexity index is 725. The lowest BCUT2D eigenvalue weighted by Gasteiger charge is -2.33. The van der Waals surface area contributed by atoms with Crippen molar-refractivity contribution in [1.82, 2.24) is 14.5 Å². The molecule has 0 unspecified atom stereocenters. The predicted molar refractivity (Wildman–Crippen MR) is 85.7 cm³/mol. The summed E-state index contributed by atoms with van der Waals surface area (Å²) in [5.41, 5.74) is 7.54. The molecule has 6 heteroatoms. The molecule has 1 aromatic heterocycles. The first-order valence-corrected chi connectivity index (χ1v) is 7.85. The summed E-state index contributed by atoms with van der Waals surface area (Å²) in [6.45, 7) is 3.23. The van der Waals surface area contributed by atoms with Crippen LogP contribution >= 0.6 is 0 Å². The Morgan fingerprint density at radius 3 is 2.73 bits per heavy atom. The summed E-state index contributed by atoms with van der Waals surface area (Å²) in [5.74, 6) is 0.0206. The largest absolute Gasteiger partial charge is 0.341 e. The molecule has 118 valence electrons. The number of imidazole rings is 1. The minimum Gasteiger partial charge on any atom is -0.341 e. The molecule has 1 fully saturated rings. The summed E-state index contributed by atoms with van der Waals surface area (Å²) in [7, 11) is 0. The zero-order valence-corrected chi connectivity index (χ0v) is 12.8. The summed E-state index contributed by atoms with van der Waals surface area (Å²) in [6.07, 6.45) is 2.22. The Hall–Kier alpha value is -2.08. The van der Waals surface area contributed by atoms with E-state index in [0.29, 0.717) is 19.5 Å². The highest BCUT2D eigenvalue weighted by atomic mass is 16.2. The first kappa shape index (κ1) is 14.8. The molecule has 0 bridgehead atoms. The normalized spacial score (nSPS) is 17.8. The maximum Gasteiger partial charge on any atom is 0.326 e. The number of likely N-dealkylation sites (tertiary alicyclic amines) is 1. The van der Waals surface area contributed by atoms with Gasteiger partial charge >= 0.3 is 5.69 Å². The van der Waals surface area contributed by atoms with Crippen molar-refractivity contribution in [2.75, 3.05) is 13.1 Å². The lowest BCUT2D eigenvalue weighted by atomic mass is 10.0. The molecule has 1 aliphatic rings. The number of carbonyl (C=O) groups is 1. The van der Waals surface area contributed by atoms with Gasteiger partial charge in [0, 0.05) is 19.1 Å². The number of para-hydroxylation sites is 2. The van der Waals surface area contributed by atoms with Crippen molar-refractivity contribution < 1.29 is 4.79 Å². The summed E-state index contributed by atoms with van der Waals surface area (Å²) in [5, 5.41) is 0. The number of carbonyl (C=O) groups excluding carboxylic acids is 1. The number of nitrogens with one attached hydrogen (secondary N) is 1. The van der Waals surface area contributed by atoms with Crippen LogP contribution in [-0.2, 0) is 4.79 Å². The van der Waals surface area contributed by atoms with Crippen molar-refractivity contribution in [3.8, 4) is 0 Å². The molecule has 3 rings (SSSR count). The third-order valence-corrected chi connectivity index (χ3v) is 4.52. The van der Waals surface area contributed by atoms with Gasteiger partial charge in [0.1, 0.15) is 0 Å². The van der Waals surface area contributed by atoms with Crippen LogP contribution in [0.2, 0.25) is 0 Å². The van der Waals surface area contributed by atoms with Crippen molar-refractivity contribution in [3.63, 3.8) is 0 Å². The van der Waals surface area contributed by atoms with E-state index in [9.17, 15) is 9.59 Å². The van der Waals surface area contributed by atoms with Crippen LogP contribution in [0.1, 0.15) is 32.2 Å². The fraction of sp³-hybridized carbons (Fsp3) is 0.500. The molecule has 1 amide bonds. The number of piperidine rings is 1. The lowest BCUT2D eigenvalue weighted by Crippen LogP contribution is -2.47. The Morgan fingerprint density at radius 2 is 2.05 bits per heavy atom. The van der Waals surface area contributed by atoms with Gasteiger partial charge in [0.15, 0.2) is 0 Å². The number of hydrogen-bond donors (Lipinski definition) is 2. The van der Waals surface area contributed by atoms with E-state index in [0.717, 1.165) is 23.9 Å². The van der Waals surface area contributed by atoms with Gasteiger partial charge in [0.05, 0.1) is 17.1 Å². The lowest BCUT2D eigenvalue weighted by molar-refractivity contribution is -0.133. The van der Waals surface area contributed by atoms with Gasteiger partial charge in [-0.15, -0.1) is 0 Å². The van der Waals surface area contributed by atoms with Crippen LogP contribution < -0.4 is 11.4 Å². The average Bonchev–Trinajstić information content (AvgIpc) is 2.89. The molecule has 1 aromatic carbocycles. The van der Waals surface area contributed by atoms with Gasteiger partial charge in [-0.3, -0.25) is 9.36 Å². The molecule has 0 aliphatic carbocycles. The maximum atomic E-state index is 12.2. The maximum absolute atomic E-state index is 12.2. The first-order valence-electron chi connectivity index (χ1n) is 7.85. The number of hydrogen-bond acceptors (Lipinski definition) is 3. The van der Waals surface area contributed by atoms with Gasteiger partial charge in [-0.05, 0) is 31.4 Å². The second-order valence-corrected chi connectivity index (χ2v) is 5.89. The molecule has 1 saturated heterocycles. The fourth-order valence-electron chi connectivity index (χ4n) is 3.19. The molecule has 0 radical (unpaired) electrons. The van der Waals surface area contributed by atoms with E-state index in [4.69, 9.17) is 5.73 Å². The number of aromatic nitrogens is 2. The number of amides is 1. The van der Waals surface area contributed by atoms with Gasteiger partial charge in [-0.1, -0.05) is 19.1 Å². The van der Waals surface area contributed by atoms with Gasteiger partial charge in [-0.25, -0.2) is 4.79 Å². The predicted octanol–water partition coefficient (Wildman–Crippen LogP) is 1.23. The first-order chi connectivity index (χ1) is 10.6. The molecule has 2 heterocycles. The van der Waals surface area contributed by atoms with Crippen LogP contribution in [0.4, 0.5) is 0 Å². The molecule has 3 N–H and O–H groups in total. The van der Waals surface area contributed by atoms with Gasteiger partial charge in [0.25, 0.3) is 0 Å². The molecular weight excluding hydrogens is 280 g/mol. The highest BCUT2D eigenvalue weighted by Crippen LogP contribution is 2.25. The fourth-order valence-corrected chi connectivity index (χ4v) is 3.19. The average molecular weight is 302 g/mol. The standard InChI is InChI=1S/C16H22N4O2/c1-2-12(17)15(21)19-9-7-11(8-10-19)20-14-6-4-3-5-13(14)18-16(20)22/h3-6,11-12H,2,7-10,17H2,1H3,(H,18,22)/t12-/m0/s1. The second kappa shape index (κ2) is 5.96. The molecule has 0 spiro atoms. The minimum atomic E-state index is -0.410. The molecule has 6 nitrogen and oxygen atoms in total. The zero-order chi connectivity index (χ0) is 15.7. The van der Waals surface area contributed by atoms with Crippen molar-refractivity contribution >= 4 is 16.9 Å². The van der Waals surface area contributed by atoms with E-state index in [1.54, 1.807) is 0 Å². The quantitative estimate of drug-likeness (QED) is 0.894. The van der Waals surface area contributed by atoms with Crippen molar-refractivity contribution in [1.29, 1.82) is 0 Å².